The largest absolute Gasteiger partial charge is 0.494 e. The van der Waals surface area contributed by atoms with E-state index in [0.29, 0.717) is 19.4 Å². The zero-order valence-corrected chi connectivity index (χ0v) is 13.7. The van der Waals surface area contributed by atoms with E-state index in [-0.39, 0.29) is 12.3 Å². The van der Waals surface area contributed by atoms with Crippen molar-refractivity contribution in [3.05, 3.63) is 24.3 Å². The summed E-state index contributed by atoms with van der Waals surface area (Å²) in [5.74, 6) is 0.608. The number of piperidine rings is 1. The normalized spacial score (nSPS) is 16.6. The predicted octanol–water partition coefficient (Wildman–Crippen LogP) is 1.81. The number of hydrogen-bond donors (Lipinski definition) is 4. The fourth-order valence-electron chi connectivity index (χ4n) is 2.52. The number of hydrazine groups is 1. The lowest BCUT2D eigenvalue weighted by Gasteiger charge is -2.31. The first-order chi connectivity index (χ1) is 11.1. The molecule has 0 radical (unpaired) electrons. The van der Waals surface area contributed by atoms with Crippen molar-refractivity contribution in [1.29, 1.82) is 0 Å². The Kier molecular flexibility index (Phi) is 6.67. The van der Waals surface area contributed by atoms with Crippen LogP contribution in [0.2, 0.25) is 0 Å². The van der Waals surface area contributed by atoms with Crippen LogP contribution in [0.25, 0.3) is 0 Å². The maximum absolute atomic E-state index is 12.0. The van der Waals surface area contributed by atoms with Crippen molar-refractivity contribution in [2.75, 3.05) is 25.1 Å². The van der Waals surface area contributed by atoms with Crippen LogP contribution in [0.4, 0.5) is 5.69 Å². The monoisotopic (exact) mass is 321 g/mol. The van der Waals surface area contributed by atoms with Crippen LogP contribution in [0, 0.1) is 0 Å². The third-order valence-electron chi connectivity index (χ3n) is 3.99. The first kappa shape index (κ1) is 17.6. The van der Waals surface area contributed by atoms with Crippen molar-refractivity contribution >= 4 is 11.6 Å². The molecule has 1 aliphatic heterocycles. The topological polar surface area (TPSA) is 82.6 Å². The number of unbranched alkanes of at least 4 members (excludes halogenated alkanes) is 1. The molecule has 6 nitrogen and oxygen atoms in total. The van der Waals surface area contributed by atoms with Crippen LogP contribution in [0.15, 0.2) is 24.3 Å². The molecule has 23 heavy (non-hydrogen) atoms. The van der Waals surface area contributed by atoms with Crippen molar-refractivity contribution in [2.24, 2.45) is 0 Å². The molecule has 2 rings (SSSR count). The first-order valence-electron chi connectivity index (χ1n) is 8.32. The average molecular weight is 321 g/mol. The molecule has 0 spiro atoms. The number of hydrogen-bond acceptors (Lipinski definition) is 5. The molecule has 1 aromatic carbocycles. The van der Waals surface area contributed by atoms with E-state index < -0.39 is 5.60 Å². The van der Waals surface area contributed by atoms with E-state index in [4.69, 9.17) is 4.74 Å². The molecule has 1 saturated heterocycles. The summed E-state index contributed by atoms with van der Waals surface area (Å²) in [5, 5.41) is 13.5. The molecular weight excluding hydrogens is 294 g/mol. The summed E-state index contributed by atoms with van der Waals surface area (Å²) >= 11 is 0. The summed E-state index contributed by atoms with van der Waals surface area (Å²) in [6.07, 6.45) is 3.46. The van der Waals surface area contributed by atoms with Crippen LogP contribution >= 0.6 is 0 Å². The van der Waals surface area contributed by atoms with Crippen LogP contribution in [0.1, 0.15) is 39.0 Å². The Morgan fingerprint density at radius 3 is 2.65 bits per heavy atom. The molecule has 4 N–H and O–H groups in total. The molecular formula is C17H27N3O3. The standard InChI is InChI=1S/C17H27N3O3/c1-2-3-12-23-15-6-4-14(5-7-15)19-20-16(21)13-17(22)8-10-18-11-9-17/h4-7,18-19,22H,2-3,8-13H2,1H3,(H,20,21). The number of rotatable bonds is 8. The van der Waals surface area contributed by atoms with Gasteiger partial charge in [-0.2, -0.15) is 0 Å². The molecule has 128 valence electrons. The number of nitrogens with one attached hydrogen (secondary N) is 3. The van der Waals surface area contributed by atoms with E-state index in [2.05, 4.69) is 23.1 Å². The highest BCUT2D eigenvalue weighted by atomic mass is 16.5. The minimum atomic E-state index is -0.895. The van der Waals surface area contributed by atoms with Gasteiger partial charge in [-0.1, -0.05) is 13.3 Å². The number of carbonyl (C=O) groups is 1. The van der Waals surface area contributed by atoms with E-state index in [1.165, 1.54) is 0 Å². The molecule has 0 unspecified atom stereocenters. The highest BCUT2D eigenvalue weighted by Crippen LogP contribution is 2.22. The van der Waals surface area contributed by atoms with Gasteiger partial charge in [0.05, 0.1) is 24.3 Å². The van der Waals surface area contributed by atoms with Crippen molar-refractivity contribution < 1.29 is 14.6 Å². The van der Waals surface area contributed by atoms with Gasteiger partial charge in [0.1, 0.15) is 5.75 Å². The molecule has 1 amide bonds. The molecule has 1 heterocycles. The average Bonchev–Trinajstić information content (AvgIpc) is 2.54. The minimum Gasteiger partial charge on any atom is -0.494 e. The second-order valence-electron chi connectivity index (χ2n) is 6.05. The third kappa shape index (κ3) is 6.08. The maximum Gasteiger partial charge on any atom is 0.241 e. The number of carbonyl (C=O) groups excluding carboxylic acids is 1. The summed E-state index contributed by atoms with van der Waals surface area (Å²) in [6.45, 7) is 4.33. The predicted molar refractivity (Wildman–Crippen MR) is 90.3 cm³/mol. The lowest BCUT2D eigenvalue weighted by molar-refractivity contribution is -0.126. The van der Waals surface area contributed by atoms with Gasteiger partial charge in [-0.3, -0.25) is 15.6 Å². The Morgan fingerprint density at radius 2 is 2.00 bits per heavy atom. The summed E-state index contributed by atoms with van der Waals surface area (Å²) in [4.78, 5) is 12.0. The van der Waals surface area contributed by atoms with Gasteiger partial charge in [-0.15, -0.1) is 0 Å². The summed E-state index contributed by atoms with van der Waals surface area (Å²) in [7, 11) is 0. The molecule has 0 bridgehead atoms. The van der Waals surface area contributed by atoms with E-state index in [1.807, 2.05) is 24.3 Å². The van der Waals surface area contributed by atoms with Gasteiger partial charge in [-0.25, -0.2) is 0 Å². The van der Waals surface area contributed by atoms with Gasteiger partial charge in [-0.05, 0) is 56.6 Å². The zero-order valence-electron chi connectivity index (χ0n) is 13.7. The van der Waals surface area contributed by atoms with Gasteiger partial charge in [0.2, 0.25) is 5.91 Å². The van der Waals surface area contributed by atoms with Gasteiger partial charge < -0.3 is 15.2 Å². The lowest BCUT2D eigenvalue weighted by atomic mass is 9.89. The lowest BCUT2D eigenvalue weighted by Crippen LogP contribution is -2.45. The van der Waals surface area contributed by atoms with Gasteiger partial charge in [0, 0.05) is 0 Å². The Bertz CT molecular complexity index is 484. The second-order valence-corrected chi connectivity index (χ2v) is 6.05. The molecule has 1 aromatic rings. The summed E-state index contributed by atoms with van der Waals surface area (Å²) in [5.41, 5.74) is 5.38. The Hall–Kier alpha value is -1.79. The molecule has 6 heteroatoms. The van der Waals surface area contributed by atoms with Gasteiger partial charge in [0.25, 0.3) is 0 Å². The SMILES string of the molecule is CCCCOc1ccc(NNC(=O)CC2(O)CCNCC2)cc1. The highest BCUT2D eigenvalue weighted by Gasteiger charge is 2.31. The summed E-state index contributed by atoms with van der Waals surface area (Å²) < 4.78 is 5.59. The summed E-state index contributed by atoms with van der Waals surface area (Å²) in [6, 6.07) is 7.43. The van der Waals surface area contributed by atoms with E-state index >= 15 is 0 Å². The smallest absolute Gasteiger partial charge is 0.241 e. The number of amides is 1. The Balaban J connectivity index is 1.73. The molecule has 0 atom stereocenters. The molecule has 1 fully saturated rings. The number of anilines is 1. The van der Waals surface area contributed by atoms with Crippen LogP contribution in [0.3, 0.4) is 0 Å². The highest BCUT2D eigenvalue weighted by molar-refractivity contribution is 5.78. The van der Waals surface area contributed by atoms with Crippen molar-refractivity contribution in [3.8, 4) is 5.75 Å². The third-order valence-corrected chi connectivity index (χ3v) is 3.99. The molecule has 0 aliphatic carbocycles. The minimum absolute atomic E-state index is 0.111. The maximum atomic E-state index is 12.0. The van der Waals surface area contributed by atoms with E-state index in [1.54, 1.807) is 0 Å². The second kappa shape index (κ2) is 8.74. The Labute approximate surface area is 137 Å². The number of benzene rings is 1. The molecule has 0 aromatic heterocycles. The molecule has 0 saturated carbocycles. The van der Waals surface area contributed by atoms with Crippen LogP contribution in [-0.4, -0.2) is 36.3 Å². The molecule has 1 aliphatic rings. The zero-order chi connectivity index (χ0) is 16.5. The van der Waals surface area contributed by atoms with Crippen molar-refractivity contribution in [3.63, 3.8) is 0 Å². The van der Waals surface area contributed by atoms with Crippen molar-refractivity contribution in [2.45, 2.75) is 44.6 Å². The van der Waals surface area contributed by atoms with Crippen LogP contribution in [-0.2, 0) is 4.79 Å². The number of aliphatic hydroxyl groups is 1. The van der Waals surface area contributed by atoms with E-state index in [0.717, 1.165) is 37.4 Å². The number of ether oxygens (including phenoxy) is 1. The van der Waals surface area contributed by atoms with Crippen LogP contribution in [0.5, 0.6) is 5.75 Å². The fraction of sp³-hybridized carbons (Fsp3) is 0.588. The van der Waals surface area contributed by atoms with E-state index in [9.17, 15) is 9.90 Å². The van der Waals surface area contributed by atoms with Crippen LogP contribution < -0.4 is 20.9 Å². The van der Waals surface area contributed by atoms with Gasteiger partial charge >= 0.3 is 0 Å². The quantitative estimate of drug-likeness (QED) is 0.434. The van der Waals surface area contributed by atoms with Gasteiger partial charge in [0.15, 0.2) is 0 Å². The fourth-order valence-corrected chi connectivity index (χ4v) is 2.52. The Morgan fingerprint density at radius 1 is 1.30 bits per heavy atom. The first-order valence-corrected chi connectivity index (χ1v) is 8.32. The van der Waals surface area contributed by atoms with Crippen molar-refractivity contribution in [1.82, 2.24) is 10.7 Å².